The Balaban J connectivity index is 1.46. The van der Waals surface area contributed by atoms with Crippen LogP contribution in [0.3, 0.4) is 0 Å². The van der Waals surface area contributed by atoms with Crippen molar-refractivity contribution in [2.45, 2.75) is 25.8 Å². The molecule has 4 rings (SSSR count). The highest BCUT2D eigenvalue weighted by Crippen LogP contribution is 2.40. The minimum Gasteiger partial charge on any atom is -0.450 e. The van der Waals surface area contributed by atoms with Gasteiger partial charge in [0.05, 0.1) is 17.2 Å². The Morgan fingerprint density at radius 3 is 2.67 bits per heavy atom. The summed E-state index contributed by atoms with van der Waals surface area (Å²) in [7, 11) is 0. The summed E-state index contributed by atoms with van der Waals surface area (Å²) < 4.78 is 7.44. The van der Waals surface area contributed by atoms with Crippen LogP contribution in [-0.4, -0.2) is 20.6 Å². The van der Waals surface area contributed by atoms with Crippen molar-refractivity contribution in [3.8, 4) is 11.5 Å². The quantitative estimate of drug-likeness (QED) is 0.399. The van der Waals surface area contributed by atoms with Crippen molar-refractivity contribution >= 4 is 29.0 Å². The minimum atomic E-state index is -0.561. The fourth-order valence-corrected chi connectivity index (χ4v) is 3.39. The van der Waals surface area contributed by atoms with Crippen LogP contribution in [0.2, 0.25) is 5.02 Å². The number of nitrogens with one attached hydrogen (secondary N) is 1. The molecule has 1 aromatic heterocycles. The molecule has 0 saturated heterocycles. The SMILES string of the molecule is CC(C1CC1)n1nccc1NC(=O)c1ccc(Oc2ccc(Cl)cc2[N+](=O)[O-])cc1. The maximum atomic E-state index is 12.6. The van der Waals surface area contributed by atoms with Gasteiger partial charge in [-0.2, -0.15) is 5.10 Å². The Morgan fingerprint density at radius 1 is 1.27 bits per heavy atom. The van der Waals surface area contributed by atoms with Gasteiger partial charge in [0.15, 0.2) is 0 Å². The van der Waals surface area contributed by atoms with E-state index >= 15 is 0 Å². The zero-order valence-electron chi connectivity index (χ0n) is 16.1. The fraction of sp³-hybridized carbons (Fsp3) is 0.238. The number of halogens is 1. The maximum absolute atomic E-state index is 12.6. The maximum Gasteiger partial charge on any atom is 0.313 e. The van der Waals surface area contributed by atoms with Crippen molar-refractivity contribution in [3.05, 3.63) is 75.4 Å². The van der Waals surface area contributed by atoms with Crippen molar-refractivity contribution in [1.82, 2.24) is 9.78 Å². The topological polar surface area (TPSA) is 99.3 Å². The number of hydrogen-bond donors (Lipinski definition) is 1. The Labute approximate surface area is 177 Å². The lowest BCUT2D eigenvalue weighted by atomic mass is 10.2. The van der Waals surface area contributed by atoms with Crippen LogP contribution in [0.1, 0.15) is 36.2 Å². The third-order valence-corrected chi connectivity index (χ3v) is 5.30. The van der Waals surface area contributed by atoms with Crippen LogP contribution in [0, 0.1) is 16.0 Å². The molecular formula is C21H19ClN4O4. The molecule has 0 spiro atoms. The van der Waals surface area contributed by atoms with Crippen molar-refractivity contribution < 1.29 is 14.5 Å². The van der Waals surface area contributed by atoms with E-state index in [4.69, 9.17) is 16.3 Å². The lowest BCUT2D eigenvalue weighted by Crippen LogP contribution is -2.18. The van der Waals surface area contributed by atoms with Crippen LogP contribution >= 0.6 is 11.6 Å². The predicted molar refractivity (Wildman–Crippen MR) is 112 cm³/mol. The minimum absolute atomic E-state index is 0.0690. The van der Waals surface area contributed by atoms with Gasteiger partial charge in [-0.3, -0.25) is 14.9 Å². The first-order valence-electron chi connectivity index (χ1n) is 9.49. The van der Waals surface area contributed by atoms with Crippen molar-refractivity contribution in [2.24, 2.45) is 5.92 Å². The number of hydrogen-bond acceptors (Lipinski definition) is 5. The summed E-state index contributed by atoms with van der Waals surface area (Å²) in [6.45, 7) is 2.10. The smallest absolute Gasteiger partial charge is 0.313 e. The normalized spacial score (nSPS) is 14.2. The molecule has 1 heterocycles. The third kappa shape index (κ3) is 4.28. The summed E-state index contributed by atoms with van der Waals surface area (Å²) in [5.74, 6) is 1.41. The molecule has 30 heavy (non-hydrogen) atoms. The second kappa shape index (κ2) is 8.16. The first kappa shape index (κ1) is 19.9. The van der Waals surface area contributed by atoms with Gasteiger partial charge in [-0.15, -0.1) is 0 Å². The van der Waals surface area contributed by atoms with E-state index in [0.29, 0.717) is 23.0 Å². The van der Waals surface area contributed by atoms with Gasteiger partial charge < -0.3 is 10.1 Å². The van der Waals surface area contributed by atoms with Gasteiger partial charge in [0.1, 0.15) is 11.6 Å². The average molecular weight is 427 g/mol. The van der Waals surface area contributed by atoms with Crippen LogP contribution < -0.4 is 10.1 Å². The van der Waals surface area contributed by atoms with E-state index in [1.165, 1.54) is 31.0 Å². The number of anilines is 1. The van der Waals surface area contributed by atoms with Crippen LogP contribution in [0.25, 0.3) is 0 Å². The van der Waals surface area contributed by atoms with Crippen LogP contribution in [0.15, 0.2) is 54.7 Å². The zero-order chi connectivity index (χ0) is 21.3. The van der Waals surface area contributed by atoms with Crippen molar-refractivity contribution in [2.75, 3.05) is 5.32 Å². The van der Waals surface area contributed by atoms with Gasteiger partial charge in [0, 0.05) is 22.7 Å². The number of nitrogens with zero attached hydrogens (tertiary/aromatic N) is 3. The molecule has 1 unspecified atom stereocenters. The molecule has 8 nitrogen and oxygen atoms in total. The van der Waals surface area contributed by atoms with E-state index in [-0.39, 0.29) is 28.4 Å². The monoisotopic (exact) mass is 426 g/mol. The largest absolute Gasteiger partial charge is 0.450 e. The van der Waals surface area contributed by atoms with E-state index in [2.05, 4.69) is 17.3 Å². The standard InChI is InChI=1S/C21H19ClN4O4/c1-13(14-2-3-14)25-20(10-11-23-25)24-21(27)15-4-7-17(8-5-15)30-19-9-6-16(22)12-18(19)26(28)29/h4-14H,2-3H2,1H3,(H,24,27). The summed E-state index contributed by atoms with van der Waals surface area (Å²) in [5.41, 5.74) is 0.196. The van der Waals surface area contributed by atoms with Gasteiger partial charge in [0.2, 0.25) is 5.75 Å². The first-order valence-corrected chi connectivity index (χ1v) is 9.87. The first-order chi connectivity index (χ1) is 14.4. The number of benzene rings is 2. The number of ether oxygens (including phenoxy) is 1. The molecule has 1 N–H and O–H groups in total. The van der Waals surface area contributed by atoms with Crippen LogP contribution in [-0.2, 0) is 0 Å². The van der Waals surface area contributed by atoms with Crippen LogP contribution in [0.4, 0.5) is 11.5 Å². The van der Waals surface area contributed by atoms with Gasteiger partial charge in [-0.1, -0.05) is 11.6 Å². The van der Waals surface area contributed by atoms with Gasteiger partial charge in [-0.05, 0) is 62.1 Å². The van der Waals surface area contributed by atoms with E-state index in [9.17, 15) is 14.9 Å². The highest BCUT2D eigenvalue weighted by molar-refractivity contribution is 6.30. The predicted octanol–water partition coefficient (Wildman–Crippen LogP) is 5.46. The number of carbonyl (C=O) groups excluding carboxylic acids is 1. The molecule has 0 radical (unpaired) electrons. The molecule has 1 aliphatic carbocycles. The lowest BCUT2D eigenvalue weighted by Gasteiger charge is -2.15. The van der Waals surface area contributed by atoms with E-state index in [1.54, 1.807) is 36.5 Å². The summed E-state index contributed by atoms with van der Waals surface area (Å²) >= 11 is 5.82. The van der Waals surface area contributed by atoms with Gasteiger partial charge >= 0.3 is 5.69 Å². The number of amides is 1. The number of nitro groups is 1. The molecular weight excluding hydrogens is 408 g/mol. The number of carbonyl (C=O) groups is 1. The summed E-state index contributed by atoms with van der Waals surface area (Å²) in [6, 6.07) is 12.5. The molecule has 2 aromatic carbocycles. The molecule has 1 atom stereocenters. The van der Waals surface area contributed by atoms with Gasteiger partial charge in [0.25, 0.3) is 5.91 Å². The second-order valence-corrected chi connectivity index (χ2v) is 7.63. The van der Waals surface area contributed by atoms with Crippen molar-refractivity contribution in [1.29, 1.82) is 0 Å². The summed E-state index contributed by atoms with van der Waals surface area (Å²) in [4.78, 5) is 23.3. The zero-order valence-corrected chi connectivity index (χ0v) is 16.9. The molecule has 0 bridgehead atoms. The third-order valence-electron chi connectivity index (χ3n) is 5.06. The number of rotatable bonds is 7. The Bertz CT molecular complexity index is 1090. The van der Waals surface area contributed by atoms with Crippen molar-refractivity contribution in [3.63, 3.8) is 0 Å². The molecule has 0 aliphatic heterocycles. The Morgan fingerprint density at radius 2 is 2.00 bits per heavy atom. The molecule has 3 aromatic rings. The Hall–Kier alpha value is -3.39. The molecule has 1 amide bonds. The fourth-order valence-electron chi connectivity index (χ4n) is 3.23. The summed E-state index contributed by atoms with van der Waals surface area (Å²) in [6.07, 6.45) is 4.04. The summed E-state index contributed by atoms with van der Waals surface area (Å²) in [5, 5.41) is 18.7. The van der Waals surface area contributed by atoms with Crippen LogP contribution in [0.5, 0.6) is 11.5 Å². The molecule has 1 fully saturated rings. The second-order valence-electron chi connectivity index (χ2n) is 7.19. The average Bonchev–Trinajstić information content (AvgIpc) is 3.48. The number of aromatic nitrogens is 2. The molecule has 1 aliphatic rings. The van der Waals surface area contributed by atoms with E-state index in [0.717, 1.165) is 0 Å². The Kier molecular flexibility index (Phi) is 5.41. The van der Waals surface area contributed by atoms with E-state index in [1.807, 2.05) is 4.68 Å². The highest BCUT2D eigenvalue weighted by Gasteiger charge is 2.30. The molecule has 1 saturated carbocycles. The lowest BCUT2D eigenvalue weighted by molar-refractivity contribution is -0.385. The van der Waals surface area contributed by atoms with E-state index < -0.39 is 4.92 Å². The number of nitro benzene ring substituents is 1. The van der Waals surface area contributed by atoms with Gasteiger partial charge in [-0.25, -0.2) is 4.68 Å². The molecule has 9 heteroatoms. The molecule has 154 valence electrons. The highest BCUT2D eigenvalue weighted by atomic mass is 35.5.